The van der Waals surface area contributed by atoms with E-state index in [1.807, 2.05) is 11.8 Å². The molecule has 1 aromatic heterocycles. The van der Waals surface area contributed by atoms with Crippen LogP contribution in [0.15, 0.2) is 18.3 Å². The summed E-state index contributed by atoms with van der Waals surface area (Å²) in [4.78, 5) is 20.1. The normalized spacial score (nSPS) is 32.7. The molecule has 0 radical (unpaired) electrons. The lowest BCUT2D eigenvalue weighted by Crippen LogP contribution is -2.48. The van der Waals surface area contributed by atoms with Crippen molar-refractivity contribution < 1.29 is 22.4 Å². The standard InChI is InChI=1S/C19H24F4N4O/c1-11-6-14(20)9-27(11)18(28)25-16-4-2-12-8-26(10-15(12)16)17-5-3-13(7-24-17)19(21,22)23/h3,5,7,11-12,14-16H,2,4,6,8-10H2,1H3,(H,25,28)/t11?,12-,14-,15+,16+/m1/s1. The van der Waals surface area contributed by atoms with Gasteiger partial charge >= 0.3 is 12.2 Å². The van der Waals surface area contributed by atoms with E-state index >= 15 is 0 Å². The average Bonchev–Trinajstić information content (AvgIpc) is 3.30. The first kappa shape index (κ1) is 19.3. The lowest BCUT2D eigenvalue weighted by molar-refractivity contribution is -0.137. The highest BCUT2D eigenvalue weighted by Crippen LogP contribution is 2.40. The zero-order valence-corrected chi connectivity index (χ0v) is 15.6. The number of carbonyl (C=O) groups is 1. The summed E-state index contributed by atoms with van der Waals surface area (Å²) in [6, 6.07) is 2.14. The number of nitrogens with zero attached hydrogens (tertiary/aromatic N) is 3. The third kappa shape index (κ3) is 3.63. The first-order chi connectivity index (χ1) is 13.2. The summed E-state index contributed by atoms with van der Waals surface area (Å²) in [5.41, 5.74) is -0.758. The second kappa shape index (κ2) is 7.08. The number of anilines is 1. The maximum atomic E-state index is 13.5. The van der Waals surface area contributed by atoms with Crippen molar-refractivity contribution in [3.05, 3.63) is 23.9 Å². The minimum Gasteiger partial charge on any atom is -0.356 e. The monoisotopic (exact) mass is 400 g/mol. The predicted molar refractivity (Wildman–Crippen MR) is 95.7 cm³/mol. The van der Waals surface area contributed by atoms with Crippen LogP contribution in [0.1, 0.15) is 31.7 Å². The van der Waals surface area contributed by atoms with E-state index < -0.39 is 17.9 Å². The molecule has 0 spiro atoms. The molecule has 9 heteroatoms. The van der Waals surface area contributed by atoms with Gasteiger partial charge in [-0.25, -0.2) is 14.2 Å². The number of alkyl halides is 4. The van der Waals surface area contributed by atoms with Crippen molar-refractivity contribution in [3.63, 3.8) is 0 Å². The Labute approximate surface area is 161 Å². The second-order valence-corrected chi connectivity index (χ2v) is 8.20. The largest absolute Gasteiger partial charge is 0.417 e. The molecule has 3 heterocycles. The van der Waals surface area contributed by atoms with Crippen molar-refractivity contribution in [2.24, 2.45) is 11.8 Å². The summed E-state index contributed by atoms with van der Waals surface area (Å²) in [6.07, 6.45) is -2.30. The molecule has 1 aliphatic carbocycles. The van der Waals surface area contributed by atoms with Crippen molar-refractivity contribution in [3.8, 4) is 0 Å². The van der Waals surface area contributed by atoms with Crippen LogP contribution in [-0.2, 0) is 6.18 Å². The zero-order valence-electron chi connectivity index (χ0n) is 15.6. The maximum absolute atomic E-state index is 13.5. The molecule has 1 aromatic rings. The second-order valence-electron chi connectivity index (χ2n) is 8.20. The number of pyridine rings is 1. The number of nitrogens with one attached hydrogen (secondary N) is 1. The van der Waals surface area contributed by atoms with Gasteiger partial charge in [-0.15, -0.1) is 0 Å². The lowest BCUT2D eigenvalue weighted by atomic mass is 9.98. The van der Waals surface area contributed by atoms with E-state index in [4.69, 9.17) is 0 Å². The number of carbonyl (C=O) groups excluding carboxylic acids is 1. The van der Waals surface area contributed by atoms with Crippen LogP contribution in [-0.4, -0.2) is 53.8 Å². The van der Waals surface area contributed by atoms with Gasteiger partial charge in [-0.05, 0) is 37.8 Å². The Morgan fingerprint density at radius 3 is 2.61 bits per heavy atom. The Bertz CT molecular complexity index is 726. The summed E-state index contributed by atoms with van der Waals surface area (Å²) in [5.74, 6) is 1.13. The number of halogens is 4. The molecule has 1 N–H and O–H groups in total. The molecule has 5 atom stereocenters. The summed E-state index contributed by atoms with van der Waals surface area (Å²) >= 11 is 0. The van der Waals surface area contributed by atoms with Gasteiger partial charge in [0.05, 0.1) is 12.1 Å². The number of aromatic nitrogens is 1. The van der Waals surface area contributed by atoms with Crippen molar-refractivity contribution in [2.75, 3.05) is 24.5 Å². The molecule has 3 aliphatic rings. The fourth-order valence-electron chi connectivity index (χ4n) is 4.86. The van der Waals surface area contributed by atoms with Crippen LogP contribution in [0.3, 0.4) is 0 Å². The molecule has 0 aromatic carbocycles. The Morgan fingerprint density at radius 2 is 2.00 bits per heavy atom. The molecule has 28 heavy (non-hydrogen) atoms. The van der Waals surface area contributed by atoms with Crippen molar-refractivity contribution in [2.45, 2.75) is 50.6 Å². The number of hydrogen-bond donors (Lipinski definition) is 1. The Balaban J connectivity index is 1.38. The number of amides is 2. The van der Waals surface area contributed by atoms with Crippen LogP contribution in [0.4, 0.5) is 28.2 Å². The lowest BCUT2D eigenvalue weighted by Gasteiger charge is -2.27. The molecule has 2 amide bonds. The number of hydrogen-bond acceptors (Lipinski definition) is 3. The van der Waals surface area contributed by atoms with Crippen LogP contribution in [0.25, 0.3) is 0 Å². The van der Waals surface area contributed by atoms with Crippen LogP contribution in [0, 0.1) is 11.8 Å². The fourth-order valence-corrected chi connectivity index (χ4v) is 4.86. The van der Waals surface area contributed by atoms with Gasteiger partial charge in [-0.2, -0.15) is 13.2 Å². The summed E-state index contributed by atoms with van der Waals surface area (Å²) in [7, 11) is 0. The smallest absolute Gasteiger partial charge is 0.356 e. The molecular formula is C19H24F4N4O. The molecule has 4 rings (SSSR count). The van der Waals surface area contributed by atoms with E-state index in [0.717, 1.165) is 31.6 Å². The summed E-state index contributed by atoms with van der Waals surface area (Å²) in [5, 5.41) is 3.07. The minimum absolute atomic E-state index is 0.00260. The Kier molecular flexibility index (Phi) is 4.87. The molecule has 2 saturated heterocycles. The minimum atomic E-state index is -4.40. The van der Waals surface area contributed by atoms with Crippen molar-refractivity contribution >= 4 is 11.8 Å². The van der Waals surface area contributed by atoms with Crippen molar-refractivity contribution in [1.29, 1.82) is 0 Å². The number of urea groups is 1. The highest BCUT2D eigenvalue weighted by atomic mass is 19.4. The molecule has 1 saturated carbocycles. The average molecular weight is 400 g/mol. The van der Waals surface area contributed by atoms with Gasteiger partial charge in [0.1, 0.15) is 12.0 Å². The quantitative estimate of drug-likeness (QED) is 0.774. The first-order valence-corrected chi connectivity index (χ1v) is 9.71. The summed E-state index contributed by atoms with van der Waals surface area (Å²) < 4.78 is 51.7. The molecular weight excluding hydrogens is 376 g/mol. The van der Waals surface area contributed by atoms with E-state index in [2.05, 4.69) is 10.3 Å². The van der Waals surface area contributed by atoms with Gasteiger partial charge in [-0.3, -0.25) is 0 Å². The molecule has 5 nitrogen and oxygen atoms in total. The van der Waals surface area contributed by atoms with E-state index in [9.17, 15) is 22.4 Å². The van der Waals surface area contributed by atoms with Gasteiger partial charge in [0.2, 0.25) is 0 Å². The highest BCUT2D eigenvalue weighted by molar-refractivity contribution is 5.75. The van der Waals surface area contributed by atoms with E-state index in [-0.39, 0.29) is 30.6 Å². The molecule has 3 fully saturated rings. The van der Waals surface area contributed by atoms with Crippen molar-refractivity contribution in [1.82, 2.24) is 15.2 Å². The van der Waals surface area contributed by atoms with E-state index in [1.165, 1.54) is 6.07 Å². The van der Waals surface area contributed by atoms with Crippen LogP contribution >= 0.6 is 0 Å². The number of rotatable bonds is 2. The topological polar surface area (TPSA) is 48.5 Å². The number of likely N-dealkylation sites (tertiary alicyclic amines) is 1. The van der Waals surface area contributed by atoms with Crippen LogP contribution in [0.5, 0.6) is 0 Å². The van der Waals surface area contributed by atoms with Gasteiger partial charge in [0.25, 0.3) is 0 Å². The van der Waals surface area contributed by atoms with Gasteiger partial charge in [0, 0.05) is 43.7 Å². The Morgan fingerprint density at radius 1 is 1.21 bits per heavy atom. The highest BCUT2D eigenvalue weighted by Gasteiger charge is 2.44. The Hall–Kier alpha value is -2.06. The van der Waals surface area contributed by atoms with Crippen LogP contribution in [0.2, 0.25) is 0 Å². The SMILES string of the molecule is CC1C[C@@H](F)CN1C(=O)N[C@H]1CC[C@@H]2CN(c3ccc(C(F)(F)F)cn3)C[C@@H]21. The van der Waals surface area contributed by atoms with E-state index in [0.29, 0.717) is 24.7 Å². The predicted octanol–water partition coefficient (Wildman–Crippen LogP) is 3.46. The first-order valence-electron chi connectivity index (χ1n) is 9.71. The van der Waals surface area contributed by atoms with Gasteiger partial charge in [0.15, 0.2) is 0 Å². The zero-order chi connectivity index (χ0) is 20.1. The molecule has 0 bridgehead atoms. The number of fused-ring (bicyclic) bond motifs is 1. The third-order valence-electron chi connectivity index (χ3n) is 6.35. The van der Waals surface area contributed by atoms with E-state index in [1.54, 1.807) is 4.90 Å². The molecule has 1 unspecified atom stereocenters. The van der Waals surface area contributed by atoms with Gasteiger partial charge in [-0.1, -0.05) is 0 Å². The maximum Gasteiger partial charge on any atom is 0.417 e. The third-order valence-corrected chi connectivity index (χ3v) is 6.35. The fraction of sp³-hybridized carbons (Fsp3) is 0.684. The molecule has 154 valence electrons. The van der Waals surface area contributed by atoms with Gasteiger partial charge < -0.3 is 15.1 Å². The van der Waals surface area contributed by atoms with Crippen LogP contribution < -0.4 is 10.2 Å². The summed E-state index contributed by atoms with van der Waals surface area (Å²) in [6.45, 7) is 3.36. The molecule has 2 aliphatic heterocycles.